The van der Waals surface area contributed by atoms with Crippen LogP contribution < -0.4 is 4.90 Å². The number of anilines is 1. The third-order valence-electron chi connectivity index (χ3n) is 34.3. The van der Waals surface area contributed by atoms with Crippen LogP contribution in [-0.4, -0.2) is 4.57 Å². The van der Waals surface area contributed by atoms with Crippen molar-refractivity contribution in [1.82, 2.24) is 4.57 Å². The Morgan fingerprint density at radius 1 is 0.231 bits per heavy atom. The SMILES string of the molecule is CC1=C(C)C(C)=C(C)C1.CC1=C(C)c2c(C)c(C)c(C)c(C)c2C1.Cc1c(C)c(C)c(CN2C3=Cc4c(C)c(C)c(C)c(C)c4C3c3c(C)c(C)c(C)c(C)c32)c(C)c1C.Cc1c(C)c(C)c(Cn2c3c(c4c(C)c(C)c(C)c(C)c42)Cc2c(C)c(C)c(C)c(C)c2-3)c(C)c1C.Cc1c(C)c(C)c2c(c1C)Cc1c(C)c(C)c(C)c(C)c1-2. The van der Waals surface area contributed by atoms with Crippen molar-refractivity contribution in [1.29, 1.82) is 0 Å². The summed E-state index contributed by atoms with van der Waals surface area (Å²) in [5.41, 5.74) is 92.1. The zero-order valence-corrected chi connectivity index (χ0v) is 81.8. The monoisotopic (exact) mass is 1560 g/mol. The van der Waals surface area contributed by atoms with E-state index in [4.69, 9.17) is 0 Å². The third-order valence-corrected chi connectivity index (χ3v) is 34.3. The number of aryl methyl sites for hydroxylation is 2. The maximum absolute atomic E-state index is 2.72. The predicted molar refractivity (Wildman–Crippen MR) is 516 cm³/mol. The summed E-state index contributed by atoms with van der Waals surface area (Å²) in [6.07, 6.45) is 7.07. The molecule has 16 rings (SSSR count). The van der Waals surface area contributed by atoms with Crippen LogP contribution in [0.4, 0.5) is 5.69 Å². The highest BCUT2D eigenvalue weighted by atomic mass is 15.2. The fraction of sp³-hybridized carbons (Fsp3) is 0.443. The Kier molecular flexibility index (Phi) is 23.5. The molecule has 117 heavy (non-hydrogen) atoms. The van der Waals surface area contributed by atoms with E-state index in [0.29, 0.717) is 5.92 Å². The van der Waals surface area contributed by atoms with Crippen LogP contribution in [0.15, 0.2) is 33.6 Å². The van der Waals surface area contributed by atoms with Gasteiger partial charge in [0, 0.05) is 41.8 Å². The molecule has 0 bridgehead atoms. The van der Waals surface area contributed by atoms with Crippen molar-refractivity contribution in [2.75, 3.05) is 4.90 Å². The zero-order chi connectivity index (χ0) is 87.1. The lowest BCUT2D eigenvalue weighted by molar-refractivity contribution is 0.821. The van der Waals surface area contributed by atoms with Crippen molar-refractivity contribution < 1.29 is 0 Å². The van der Waals surface area contributed by atoms with Gasteiger partial charge in [-0.25, -0.2) is 0 Å². The van der Waals surface area contributed by atoms with E-state index in [2.05, 4.69) is 320 Å². The van der Waals surface area contributed by atoms with Crippen molar-refractivity contribution in [2.24, 2.45) is 0 Å². The molecule has 0 radical (unpaired) electrons. The molecule has 616 valence electrons. The molecule has 10 aromatic rings. The molecule has 2 nitrogen and oxygen atoms in total. The number of nitrogens with zero attached hydrogens (tertiary/aromatic N) is 2. The largest absolute Gasteiger partial charge is 0.339 e. The first-order valence-electron chi connectivity index (χ1n) is 44.3. The summed E-state index contributed by atoms with van der Waals surface area (Å²) >= 11 is 0. The number of hydrogen-bond donors (Lipinski definition) is 0. The Morgan fingerprint density at radius 3 is 0.949 bits per heavy atom. The van der Waals surface area contributed by atoms with Gasteiger partial charge in [0.15, 0.2) is 0 Å². The normalized spacial score (nSPS) is 14.4. The van der Waals surface area contributed by atoms with E-state index < -0.39 is 0 Å². The molecule has 9 aromatic carbocycles. The Balaban J connectivity index is 0.000000144. The van der Waals surface area contributed by atoms with E-state index in [9.17, 15) is 0 Å². The average molecular weight is 1560 g/mol. The number of benzene rings is 9. The molecule has 1 aliphatic heterocycles. The van der Waals surface area contributed by atoms with Crippen LogP contribution in [0.5, 0.6) is 0 Å². The Morgan fingerprint density at radius 2 is 0.530 bits per heavy atom. The van der Waals surface area contributed by atoms with Crippen LogP contribution in [0.2, 0.25) is 0 Å². The smallest absolute Gasteiger partial charge is 0.0536 e. The van der Waals surface area contributed by atoms with Crippen LogP contribution in [0.3, 0.4) is 0 Å². The molecule has 6 aliphatic rings. The summed E-state index contributed by atoms with van der Waals surface area (Å²) in [6, 6.07) is 0. The maximum Gasteiger partial charge on any atom is 0.0536 e. The summed E-state index contributed by atoms with van der Waals surface area (Å²) < 4.78 is 2.72. The van der Waals surface area contributed by atoms with Gasteiger partial charge in [-0.2, -0.15) is 0 Å². The second-order valence-corrected chi connectivity index (χ2v) is 38.4. The molecule has 0 fully saturated rings. The highest BCUT2D eigenvalue weighted by Gasteiger charge is 2.45. The summed E-state index contributed by atoms with van der Waals surface area (Å²) in [4.78, 5) is 2.70. The molecular weight excluding hydrogens is 1410 g/mol. The molecule has 2 heteroatoms. The molecule has 0 N–H and O–H groups in total. The minimum Gasteiger partial charge on any atom is -0.339 e. The topological polar surface area (TPSA) is 8.17 Å². The summed E-state index contributed by atoms with van der Waals surface area (Å²) in [7, 11) is 0. The van der Waals surface area contributed by atoms with Gasteiger partial charge in [-0.05, 0) is 630 Å². The lowest BCUT2D eigenvalue weighted by Gasteiger charge is -2.28. The molecule has 0 saturated carbocycles. The van der Waals surface area contributed by atoms with Gasteiger partial charge in [-0.15, -0.1) is 0 Å². The number of hydrogen-bond acceptors (Lipinski definition) is 1. The molecule has 1 atom stereocenters. The number of fused-ring (bicyclic) bond motifs is 14. The maximum atomic E-state index is 2.72. The van der Waals surface area contributed by atoms with Crippen LogP contribution in [0.25, 0.3) is 44.9 Å². The number of allylic oxidation sites excluding steroid dienone is 7. The first kappa shape index (κ1) is 87.6. The summed E-state index contributed by atoms with van der Waals surface area (Å²) in [5, 5.41) is 1.51. The fourth-order valence-corrected chi connectivity index (χ4v) is 22.3. The van der Waals surface area contributed by atoms with Crippen LogP contribution in [0.1, 0.15) is 326 Å². The first-order valence-corrected chi connectivity index (χ1v) is 44.3. The predicted octanol–water partition coefficient (Wildman–Crippen LogP) is 31.5. The average Bonchev–Trinajstić information content (AvgIpc) is 1.54. The summed E-state index contributed by atoms with van der Waals surface area (Å²) in [6.45, 7) is 103. The first-order chi connectivity index (χ1) is 54.5. The van der Waals surface area contributed by atoms with Gasteiger partial charge in [0.2, 0.25) is 0 Å². The number of rotatable bonds is 4. The van der Waals surface area contributed by atoms with Crippen molar-refractivity contribution in [3.63, 3.8) is 0 Å². The Bertz CT molecular complexity index is 6060. The van der Waals surface area contributed by atoms with E-state index in [0.717, 1.165) is 32.4 Å². The molecular formula is C115H146N2. The van der Waals surface area contributed by atoms with Crippen molar-refractivity contribution in [3.05, 3.63) is 306 Å². The van der Waals surface area contributed by atoms with Gasteiger partial charge < -0.3 is 9.47 Å². The molecule has 0 spiro atoms. The van der Waals surface area contributed by atoms with E-state index in [1.165, 1.54) is 301 Å². The summed E-state index contributed by atoms with van der Waals surface area (Å²) in [5.74, 6) is 0.333. The highest BCUT2D eigenvalue weighted by molar-refractivity contribution is 6.02. The van der Waals surface area contributed by atoms with Crippen molar-refractivity contribution in [3.8, 4) is 22.4 Å². The Labute approximate surface area is 711 Å². The van der Waals surface area contributed by atoms with E-state index in [-0.39, 0.29) is 0 Å². The van der Waals surface area contributed by atoms with E-state index in [1.807, 2.05) is 0 Å². The number of aromatic nitrogens is 1. The van der Waals surface area contributed by atoms with E-state index in [1.54, 1.807) is 55.7 Å². The molecule has 2 heterocycles. The van der Waals surface area contributed by atoms with Gasteiger partial charge in [0.1, 0.15) is 0 Å². The van der Waals surface area contributed by atoms with Crippen LogP contribution in [0, 0.1) is 263 Å². The minimum absolute atomic E-state index is 0.333. The Hall–Kier alpha value is -8.72. The molecule has 1 unspecified atom stereocenters. The fourth-order valence-electron chi connectivity index (χ4n) is 22.3. The van der Waals surface area contributed by atoms with Gasteiger partial charge in [-0.3, -0.25) is 0 Å². The minimum atomic E-state index is 0.333. The highest BCUT2D eigenvalue weighted by Crippen LogP contribution is 2.59. The molecule has 0 amide bonds. The second-order valence-electron chi connectivity index (χ2n) is 38.4. The van der Waals surface area contributed by atoms with Crippen LogP contribution in [-0.2, 0) is 32.4 Å². The standard InChI is InChI=1S/2C35H43N.C21H26.C15H20.C9H14/c1-16-17(2)24(9)30(25(10)18(16)3)15-36-31-14-29-23(8)19(4)20(5)26(11)32(29)34(31)33-27(12)21(6)22(7)28(13)35(33)36;1-16-17(2)24(9)31(25(10)18(16)3)15-36-34-28(13)22(7)21(6)27(12)33(34)30-14-29-23(8)19(4)20(5)26(11)32(29)35(30)36;1-10-12(3)16(7)20-18(14(10)5)9-19-15(6)11(2)13(4)17(8)21(19)20;1-8-7-14-12(5)10(3)11(4)13(6)15(14)9(8)2;1-6-5-7(2)9(4)8(6)3/h14,34H,15H2,1-13H3;14-15H2,1-13H3;9H2,1-8H3;7H2,1-6H3;5H2,1-4H3. The molecule has 1 aromatic heterocycles. The van der Waals surface area contributed by atoms with Gasteiger partial charge >= 0.3 is 0 Å². The zero-order valence-electron chi connectivity index (χ0n) is 81.8. The van der Waals surface area contributed by atoms with E-state index >= 15 is 0 Å². The lowest BCUT2D eigenvalue weighted by Crippen LogP contribution is -2.21. The lowest BCUT2D eigenvalue weighted by atomic mass is 9.81. The third kappa shape index (κ3) is 13.3. The van der Waals surface area contributed by atoms with Crippen molar-refractivity contribution >= 4 is 28.2 Å². The quantitative estimate of drug-likeness (QED) is 0.170. The van der Waals surface area contributed by atoms with Gasteiger partial charge in [0.25, 0.3) is 0 Å². The molecule has 5 aliphatic carbocycles. The molecule has 0 saturated heterocycles. The van der Waals surface area contributed by atoms with Crippen molar-refractivity contribution in [2.45, 2.75) is 349 Å². The van der Waals surface area contributed by atoms with Crippen LogP contribution >= 0.6 is 0 Å². The van der Waals surface area contributed by atoms with Gasteiger partial charge in [0.05, 0.1) is 17.1 Å². The van der Waals surface area contributed by atoms with Gasteiger partial charge in [-0.1, -0.05) is 16.7 Å². The second kappa shape index (κ2) is 31.5.